The maximum Gasteiger partial charge on any atom is 0.184 e. The molecule has 0 aliphatic rings. The molecule has 0 saturated carbocycles. The highest BCUT2D eigenvalue weighted by Crippen LogP contribution is 2.26. The van der Waals surface area contributed by atoms with Crippen molar-refractivity contribution < 1.29 is 8.78 Å². The molecule has 0 bridgehead atoms. The molecule has 5 heteroatoms. The van der Waals surface area contributed by atoms with E-state index >= 15 is 0 Å². The van der Waals surface area contributed by atoms with E-state index in [1.807, 2.05) is 0 Å². The number of halogens is 2. The van der Waals surface area contributed by atoms with Crippen molar-refractivity contribution in [2.24, 2.45) is 0 Å². The van der Waals surface area contributed by atoms with Gasteiger partial charge < -0.3 is 5.32 Å². The zero-order valence-corrected chi connectivity index (χ0v) is 10.7. The number of hydrogen-bond acceptors (Lipinski definition) is 3. The van der Waals surface area contributed by atoms with Crippen molar-refractivity contribution in [1.82, 2.24) is 4.98 Å². The van der Waals surface area contributed by atoms with Crippen LogP contribution in [0.25, 0.3) is 10.2 Å². The smallest absolute Gasteiger partial charge is 0.184 e. The van der Waals surface area contributed by atoms with E-state index in [1.54, 1.807) is 18.2 Å². The zero-order valence-electron chi connectivity index (χ0n) is 9.86. The molecule has 1 aromatic heterocycles. The Balaban J connectivity index is 1.76. The van der Waals surface area contributed by atoms with Crippen molar-refractivity contribution in [3.05, 3.63) is 59.7 Å². The minimum Gasteiger partial charge on any atom is -0.357 e. The molecule has 1 heterocycles. The highest BCUT2D eigenvalue weighted by atomic mass is 32.1. The van der Waals surface area contributed by atoms with Crippen molar-refractivity contribution in [2.45, 2.75) is 6.54 Å². The fourth-order valence-corrected chi connectivity index (χ4v) is 2.60. The minimum absolute atomic E-state index is 0.251. The van der Waals surface area contributed by atoms with Crippen LogP contribution in [-0.4, -0.2) is 4.98 Å². The van der Waals surface area contributed by atoms with Gasteiger partial charge in [0.05, 0.1) is 10.2 Å². The van der Waals surface area contributed by atoms with E-state index in [0.29, 0.717) is 12.1 Å². The number of aromatic nitrogens is 1. The second-order valence-electron chi connectivity index (χ2n) is 4.11. The quantitative estimate of drug-likeness (QED) is 0.776. The Morgan fingerprint density at radius 3 is 2.53 bits per heavy atom. The van der Waals surface area contributed by atoms with Gasteiger partial charge in [-0.3, -0.25) is 0 Å². The van der Waals surface area contributed by atoms with E-state index in [2.05, 4.69) is 10.3 Å². The molecule has 0 fully saturated rings. The predicted molar refractivity (Wildman–Crippen MR) is 73.3 cm³/mol. The van der Waals surface area contributed by atoms with Gasteiger partial charge in [-0.05, 0) is 29.8 Å². The molecular weight excluding hydrogens is 266 g/mol. The molecule has 0 aliphatic heterocycles. The van der Waals surface area contributed by atoms with Crippen LogP contribution in [-0.2, 0) is 6.54 Å². The van der Waals surface area contributed by atoms with Gasteiger partial charge in [0.15, 0.2) is 5.13 Å². The fourth-order valence-electron chi connectivity index (χ4n) is 1.76. The van der Waals surface area contributed by atoms with Gasteiger partial charge >= 0.3 is 0 Å². The monoisotopic (exact) mass is 276 g/mol. The van der Waals surface area contributed by atoms with Crippen LogP contribution < -0.4 is 5.32 Å². The van der Waals surface area contributed by atoms with Crippen LogP contribution in [0.15, 0.2) is 42.5 Å². The predicted octanol–water partition coefficient (Wildman–Crippen LogP) is 4.19. The molecule has 0 unspecified atom stereocenters. The third-order valence-electron chi connectivity index (χ3n) is 2.71. The third-order valence-corrected chi connectivity index (χ3v) is 3.70. The minimum atomic E-state index is -0.289. The lowest BCUT2D eigenvalue weighted by atomic mass is 10.2. The van der Waals surface area contributed by atoms with Gasteiger partial charge in [-0.15, -0.1) is 0 Å². The Morgan fingerprint density at radius 2 is 1.74 bits per heavy atom. The lowest BCUT2D eigenvalue weighted by Crippen LogP contribution is -1.98. The van der Waals surface area contributed by atoms with E-state index < -0.39 is 0 Å². The van der Waals surface area contributed by atoms with E-state index in [1.165, 1.54) is 35.6 Å². The van der Waals surface area contributed by atoms with E-state index in [4.69, 9.17) is 0 Å². The van der Waals surface area contributed by atoms with Gasteiger partial charge in [-0.25, -0.2) is 13.8 Å². The normalized spacial score (nSPS) is 10.8. The Bertz CT molecular complexity index is 707. The van der Waals surface area contributed by atoms with Gasteiger partial charge in [-0.1, -0.05) is 23.5 Å². The Hall–Kier alpha value is -2.01. The van der Waals surface area contributed by atoms with Crippen molar-refractivity contribution in [1.29, 1.82) is 0 Å². The Labute approximate surface area is 112 Å². The number of hydrogen-bond donors (Lipinski definition) is 1. The van der Waals surface area contributed by atoms with Gasteiger partial charge in [0.2, 0.25) is 0 Å². The van der Waals surface area contributed by atoms with Crippen LogP contribution >= 0.6 is 11.3 Å². The first-order valence-corrected chi connectivity index (χ1v) is 6.57. The molecule has 0 atom stereocenters. The summed E-state index contributed by atoms with van der Waals surface area (Å²) in [4.78, 5) is 4.30. The highest BCUT2D eigenvalue weighted by molar-refractivity contribution is 7.22. The average Bonchev–Trinajstić information content (AvgIpc) is 2.80. The van der Waals surface area contributed by atoms with E-state index in [-0.39, 0.29) is 11.6 Å². The summed E-state index contributed by atoms with van der Waals surface area (Å²) < 4.78 is 26.7. The van der Waals surface area contributed by atoms with Gasteiger partial charge in [-0.2, -0.15) is 0 Å². The lowest BCUT2D eigenvalue weighted by Gasteiger charge is -2.02. The highest BCUT2D eigenvalue weighted by Gasteiger charge is 2.04. The summed E-state index contributed by atoms with van der Waals surface area (Å²) >= 11 is 1.47. The number of thiazole rings is 1. The molecule has 3 rings (SSSR count). The Kier molecular flexibility index (Phi) is 3.13. The second kappa shape index (κ2) is 4.93. The average molecular weight is 276 g/mol. The van der Waals surface area contributed by atoms with Crippen LogP contribution in [0.4, 0.5) is 13.9 Å². The van der Waals surface area contributed by atoms with Crippen molar-refractivity contribution in [3.63, 3.8) is 0 Å². The SMILES string of the molecule is Fc1ccc(CNc2nc3cc(F)ccc3s2)cc1. The van der Waals surface area contributed by atoms with Crippen LogP contribution in [0, 0.1) is 11.6 Å². The van der Waals surface area contributed by atoms with Crippen molar-refractivity contribution >= 4 is 26.7 Å². The maximum atomic E-state index is 13.0. The summed E-state index contributed by atoms with van der Waals surface area (Å²) in [7, 11) is 0. The van der Waals surface area contributed by atoms with Crippen LogP contribution in [0.3, 0.4) is 0 Å². The zero-order chi connectivity index (χ0) is 13.2. The number of nitrogens with zero attached hydrogens (tertiary/aromatic N) is 1. The number of benzene rings is 2. The van der Waals surface area contributed by atoms with Gasteiger partial charge in [0, 0.05) is 12.6 Å². The van der Waals surface area contributed by atoms with E-state index in [0.717, 1.165) is 15.4 Å². The van der Waals surface area contributed by atoms with Crippen LogP contribution in [0.5, 0.6) is 0 Å². The topological polar surface area (TPSA) is 24.9 Å². The number of anilines is 1. The molecule has 0 saturated heterocycles. The lowest BCUT2D eigenvalue weighted by molar-refractivity contribution is 0.627. The van der Waals surface area contributed by atoms with Crippen molar-refractivity contribution in [3.8, 4) is 0 Å². The molecule has 1 N–H and O–H groups in total. The molecule has 19 heavy (non-hydrogen) atoms. The Morgan fingerprint density at radius 1 is 1.00 bits per heavy atom. The summed E-state index contributed by atoms with van der Waals surface area (Å²) in [5, 5.41) is 3.88. The number of rotatable bonds is 3. The van der Waals surface area contributed by atoms with Crippen LogP contribution in [0.2, 0.25) is 0 Å². The third kappa shape index (κ3) is 2.71. The summed E-state index contributed by atoms with van der Waals surface area (Å²) in [6.07, 6.45) is 0. The van der Waals surface area contributed by atoms with Crippen LogP contribution in [0.1, 0.15) is 5.56 Å². The first kappa shape index (κ1) is 12.0. The number of nitrogens with one attached hydrogen (secondary N) is 1. The molecule has 96 valence electrons. The molecular formula is C14H10F2N2S. The van der Waals surface area contributed by atoms with Gasteiger partial charge in [0.25, 0.3) is 0 Å². The van der Waals surface area contributed by atoms with E-state index in [9.17, 15) is 8.78 Å². The maximum absolute atomic E-state index is 13.0. The first-order valence-electron chi connectivity index (χ1n) is 5.75. The molecule has 2 aromatic carbocycles. The molecule has 0 radical (unpaired) electrons. The molecule has 0 spiro atoms. The molecule has 2 nitrogen and oxygen atoms in total. The summed E-state index contributed by atoms with van der Waals surface area (Å²) in [6, 6.07) is 10.8. The largest absolute Gasteiger partial charge is 0.357 e. The molecule has 0 amide bonds. The summed E-state index contributed by atoms with van der Waals surface area (Å²) in [6.45, 7) is 0.558. The summed E-state index contributed by atoms with van der Waals surface area (Å²) in [5.41, 5.74) is 1.61. The fraction of sp³-hybridized carbons (Fsp3) is 0.0714. The molecule has 0 aliphatic carbocycles. The van der Waals surface area contributed by atoms with Crippen molar-refractivity contribution in [2.75, 3.05) is 5.32 Å². The second-order valence-corrected chi connectivity index (χ2v) is 5.14. The summed E-state index contributed by atoms with van der Waals surface area (Å²) in [5.74, 6) is -0.540. The standard InChI is InChI=1S/C14H10F2N2S/c15-10-3-1-9(2-4-10)8-17-14-18-12-7-11(16)5-6-13(12)19-14/h1-7H,8H2,(H,17,18). The van der Waals surface area contributed by atoms with Gasteiger partial charge in [0.1, 0.15) is 11.6 Å². The number of fused-ring (bicyclic) bond motifs is 1. The first-order chi connectivity index (χ1) is 9.20. The molecule has 3 aromatic rings.